The van der Waals surface area contributed by atoms with Crippen molar-refractivity contribution in [1.82, 2.24) is 9.80 Å². The average molecular weight is 338 g/mol. The summed E-state index contributed by atoms with van der Waals surface area (Å²) >= 11 is 0. The Morgan fingerprint density at radius 3 is 2.12 bits per heavy atom. The van der Waals surface area contributed by atoms with Gasteiger partial charge in [0.2, 0.25) is 0 Å². The highest BCUT2D eigenvalue weighted by Gasteiger charge is 2.56. The minimum absolute atomic E-state index is 0.0727. The third-order valence-electron chi connectivity index (χ3n) is 5.76. The van der Waals surface area contributed by atoms with Gasteiger partial charge in [-0.05, 0) is 59.8 Å². The van der Waals surface area contributed by atoms with E-state index in [1.807, 2.05) is 25.7 Å². The van der Waals surface area contributed by atoms with E-state index in [9.17, 15) is 4.79 Å². The molecular formula is C19H34N2O3. The minimum Gasteiger partial charge on any atom is -0.444 e. The van der Waals surface area contributed by atoms with E-state index in [1.54, 1.807) is 0 Å². The fourth-order valence-electron chi connectivity index (χ4n) is 3.97. The Hall–Kier alpha value is -0.810. The summed E-state index contributed by atoms with van der Waals surface area (Å²) in [5.74, 6) is 0. The molecule has 2 spiro atoms. The monoisotopic (exact) mass is 338 g/mol. The van der Waals surface area contributed by atoms with E-state index >= 15 is 0 Å². The second-order valence-electron chi connectivity index (χ2n) is 9.10. The molecule has 0 radical (unpaired) electrons. The molecular weight excluding hydrogens is 304 g/mol. The number of hydrogen-bond acceptors (Lipinski definition) is 4. The molecule has 3 aliphatic rings. The summed E-state index contributed by atoms with van der Waals surface area (Å²) in [4.78, 5) is 16.8. The van der Waals surface area contributed by atoms with Crippen LogP contribution in [0, 0.1) is 0 Å². The Kier molecular flexibility index (Phi) is 4.63. The maximum absolute atomic E-state index is 12.3. The molecule has 0 aromatic carbocycles. The summed E-state index contributed by atoms with van der Waals surface area (Å²) in [6.45, 7) is 13.9. The summed E-state index contributed by atoms with van der Waals surface area (Å²) in [5.41, 5.74) is -0.397. The largest absolute Gasteiger partial charge is 0.444 e. The smallest absolute Gasteiger partial charge is 0.410 e. The molecule has 0 bridgehead atoms. The third-order valence-corrected chi connectivity index (χ3v) is 5.76. The molecule has 2 heterocycles. The predicted octanol–water partition coefficient (Wildman–Crippen LogP) is 3.42. The van der Waals surface area contributed by atoms with E-state index in [0.717, 1.165) is 39.0 Å². The number of carbonyl (C=O) groups excluding carboxylic acids is 1. The first-order valence-corrected chi connectivity index (χ1v) is 9.58. The van der Waals surface area contributed by atoms with Gasteiger partial charge in [0.05, 0.1) is 11.2 Å². The normalized spacial score (nSPS) is 27.3. The molecule has 2 saturated heterocycles. The zero-order valence-corrected chi connectivity index (χ0v) is 16.1. The van der Waals surface area contributed by atoms with Crippen molar-refractivity contribution < 1.29 is 14.3 Å². The lowest BCUT2D eigenvalue weighted by Crippen LogP contribution is -2.62. The second-order valence-corrected chi connectivity index (χ2v) is 9.10. The van der Waals surface area contributed by atoms with Gasteiger partial charge in [0.1, 0.15) is 5.60 Å². The molecule has 1 atom stereocenters. The molecule has 1 aliphatic carbocycles. The Labute approximate surface area is 146 Å². The lowest BCUT2D eigenvalue weighted by molar-refractivity contribution is -0.192. The highest BCUT2D eigenvalue weighted by Crippen LogP contribution is 2.49. The van der Waals surface area contributed by atoms with Gasteiger partial charge in [-0.3, -0.25) is 4.90 Å². The van der Waals surface area contributed by atoms with Crippen LogP contribution >= 0.6 is 0 Å². The molecule has 5 heteroatoms. The number of piperidine rings is 1. The van der Waals surface area contributed by atoms with Crippen LogP contribution in [0.3, 0.4) is 0 Å². The van der Waals surface area contributed by atoms with Crippen LogP contribution < -0.4 is 0 Å². The Bertz CT molecular complexity index is 473. The van der Waals surface area contributed by atoms with E-state index in [2.05, 4.69) is 18.7 Å². The zero-order valence-electron chi connectivity index (χ0n) is 16.1. The number of hydrogen-bond donors (Lipinski definition) is 0. The van der Waals surface area contributed by atoms with Crippen molar-refractivity contribution in [2.45, 2.75) is 89.6 Å². The van der Waals surface area contributed by atoms with Gasteiger partial charge in [-0.2, -0.15) is 0 Å². The molecule has 1 unspecified atom stereocenters. The quantitative estimate of drug-likeness (QED) is 0.774. The van der Waals surface area contributed by atoms with E-state index in [4.69, 9.17) is 9.47 Å². The van der Waals surface area contributed by atoms with Crippen molar-refractivity contribution in [3.63, 3.8) is 0 Å². The predicted molar refractivity (Wildman–Crippen MR) is 94.1 cm³/mol. The standard InChI is InChI=1S/C19H34N2O3/c1-6-15(2)21-13-18(7-8-18)24-19(14-21)9-11-20(12-10-19)16(22)23-17(3,4)5/h15H,6-14H2,1-5H3. The van der Waals surface area contributed by atoms with E-state index < -0.39 is 5.60 Å². The molecule has 5 nitrogen and oxygen atoms in total. The first-order valence-electron chi connectivity index (χ1n) is 9.58. The summed E-state index contributed by atoms with van der Waals surface area (Å²) in [7, 11) is 0. The average Bonchev–Trinajstić information content (AvgIpc) is 3.23. The van der Waals surface area contributed by atoms with Gasteiger partial charge in [0.25, 0.3) is 0 Å². The third kappa shape index (κ3) is 3.88. The Morgan fingerprint density at radius 1 is 1.12 bits per heavy atom. The molecule has 0 aromatic rings. The van der Waals surface area contributed by atoms with Gasteiger partial charge >= 0.3 is 6.09 Å². The number of rotatable bonds is 2. The van der Waals surface area contributed by atoms with Crippen molar-refractivity contribution in [3.05, 3.63) is 0 Å². The summed E-state index contributed by atoms with van der Waals surface area (Å²) in [5, 5.41) is 0. The summed E-state index contributed by atoms with van der Waals surface area (Å²) in [6, 6.07) is 0.604. The molecule has 0 aromatic heterocycles. The van der Waals surface area contributed by atoms with Crippen LogP contribution in [0.5, 0.6) is 0 Å². The Balaban J connectivity index is 1.62. The summed E-state index contributed by atoms with van der Waals surface area (Å²) in [6.07, 6.45) is 5.21. The fraction of sp³-hybridized carbons (Fsp3) is 0.947. The number of amides is 1. The number of nitrogens with zero attached hydrogens (tertiary/aromatic N) is 2. The molecule has 24 heavy (non-hydrogen) atoms. The van der Waals surface area contributed by atoms with Crippen molar-refractivity contribution in [2.24, 2.45) is 0 Å². The maximum atomic E-state index is 12.3. The van der Waals surface area contributed by atoms with Gasteiger partial charge < -0.3 is 14.4 Å². The van der Waals surface area contributed by atoms with Crippen LogP contribution in [0.25, 0.3) is 0 Å². The number of likely N-dealkylation sites (tertiary alicyclic amines) is 1. The lowest BCUT2D eigenvalue weighted by Gasteiger charge is -2.52. The van der Waals surface area contributed by atoms with Crippen LogP contribution in [-0.4, -0.2) is 64.9 Å². The van der Waals surface area contributed by atoms with Crippen LogP contribution in [0.4, 0.5) is 4.79 Å². The topological polar surface area (TPSA) is 42.0 Å². The number of morpholine rings is 1. The lowest BCUT2D eigenvalue weighted by atomic mass is 9.87. The summed E-state index contributed by atoms with van der Waals surface area (Å²) < 4.78 is 12.2. The maximum Gasteiger partial charge on any atom is 0.410 e. The van der Waals surface area contributed by atoms with Crippen LogP contribution in [-0.2, 0) is 9.47 Å². The van der Waals surface area contributed by atoms with E-state index in [0.29, 0.717) is 6.04 Å². The van der Waals surface area contributed by atoms with Crippen molar-refractivity contribution >= 4 is 6.09 Å². The molecule has 2 aliphatic heterocycles. The Morgan fingerprint density at radius 2 is 1.67 bits per heavy atom. The molecule has 3 fully saturated rings. The first-order chi connectivity index (χ1) is 11.2. The molecule has 138 valence electrons. The van der Waals surface area contributed by atoms with Crippen LogP contribution in [0.2, 0.25) is 0 Å². The van der Waals surface area contributed by atoms with E-state index in [-0.39, 0.29) is 17.3 Å². The van der Waals surface area contributed by atoms with Crippen molar-refractivity contribution in [3.8, 4) is 0 Å². The van der Waals surface area contributed by atoms with Crippen molar-refractivity contribution in [2.75, 3.05) is 26.2 Å². The second kappa shape index (κ2) is 6.17. The van der Waals surface area contributed by atoms with Crippen LogP contribution in [0.15, 0.2) is 0 Å². The minimum atomic E-state index is -0.432. The highest BCUT2D eigenvalue weighted by atomic mass is 16.6. The molecule has 1 saturated carbocycles. The molecule has 3 rings (SSSR count). The van der Waals surface area contributed by atoms with Crippen molar-refractivity contribution in [1.29, 1.82) is 0 Å². The van der Waals surface area contributed by atoms with Gasteiger partial charge in [-0.15, -0.1) is 0 Å². The fourth-order valence-corrected chi connectivity index (χ4v) is 3.97. The van der Waals surface area contributed by atoms with Crippen LogP contribution in [0.1, 0.15) is 66.7 Å². The number of carbonyl (C=O) groups is 1. The highest BCUT2D eigenvalue weighted by molar-refractivity contribution is 5.68. The van der Waals surface area contributed by atoms with Gasteiger partial charge in [-0.1, -0.05) is 6.92 Å². The molecule has 0 N–H and O–H groups in total. The van der Waals surface area contributed by atoms with E-state index in [1.165, 1.54) is 19.3 Å². The zero-order chi connectivity index (χ0) is 17.6. The molecule has 1 amide bonds. The van der Waals surface area contributed by atoms with Gasteiger partial charge in [-0.25, -0.2) is 4.79 Å². The first kappa shape index (κ1) is 18.0. The number of ether oxygens (including phenoxy) is 2. The van der Waals surface area contributed by atoms with Gasteiger partial charge in [0.15, 0.2) is 0 Å². The SMILES string of the molecule is CCC(C)N1CC2(CCN(C(=O)OC(C)(C)C)CC2)OC2(CC2)C1. The van der Waals surface area contributed by atoms with Gasteiger partial charge in [0, 0.05) is 32.2 Å².